The number of rotatable bonds is 3. The predicted octanol–water partition coefficient (Wildman–Crippen LogP) is 0.838. The molecule has 1 unspecified atom stereocenters. The summed E-state index contributed by atoms with van der Waals surface area (Å²) < 4.78 is 1.91. The van der Waals surface area contributed by atoms with E-state index in [4.69, 9.17) is 0 Å². The van der Waals surface area contributed by atoms with Crippen molar-refractivity contribution in [3.8, 4) is 0 Å². The number of nitrogens with one attached hydrogen (secondary N) is 1. The first-order chi connectivity index (χ1) is 6.90. The molecule has 0 amide bonds. The van der Waals surface area contributed by atoms with Gasteiger partial charge in [-0.15, -0.1) is 0 Å². The molecule has 1 aliphatic rings. The molecule has 1 saturated heterocycles. The summed E-state index contributed by atoms with van der Waals surface area (Å²) in [6, 6.07) is 0.497. The third kappa shape index (κ3) is 2.01. The Kier molecular flexibility index (Phi) is 2.93. The van der Waals surface area contributed by atoms with Crippen LogP contribution < -0.4 is 5.32 Å². The number of nitrogens with zero attached hydrogens (tertiary/aromatic N) is 2. The fraction of sp³-hybridized carbons (Fsp3) is 0.600. The van der Waals surface area contributed by atoms with Crippen molar-refractivity contribution in [3.63, 3.8) is 0 Å². The zero-order chi connectivity index (χ0) is 9.80. The van der Waals surface area contributed by atoms with Crippen LogP contribution in [0.3, 0.4) is 0 Å². The smallest absolute Gasteiger partial charge is 0.185 e. The average molecular weight is 193 g/mol. The van der Waals surface area contributed by atoms with Gasteiger partial charge in [0, 0.05) is 25.0 Å². The van der Waals surface area contributed by atoms with E-state index in [1.54, 1.807) is 6.20 Å². The Morgan fingerprint density at radius 3 is 3.29 bits per heavy atom. The molecule has 0 saturated carbocycles. The molecule has 2 heterocycles. The van der Waals surface area contributed by atoms with E-state index in [-0.39, 0.29) is 0 Å². The number of aromatic nitrogens is 2. The third-order valence-corrected chi connectivity index (χ3v) is 2.68. The number of hydrogen-bond acceptors (Lipinski definition) is 3. The molecule has 4 nitrogen and oxygen atoms in total. The predicted molar refractivity (Wildman–Crippen MR) is 53.3 cm³/mol. The third-order valence-electron chi connectivity index (χ3n) is 2.68. The highest BCUT2D eigenvalue weighted by Gasteiger charge is 2.13. The van der Waals surface area contributed by atoms with Crippen molar-refractivity contribution in [3.05, 3.63) is 18.2 Å². The van der Waals surface area contributed by atoms with Crippen molar-refractivity contribution < 1.29 is 4.79 Å². The lowest BCUT2D eigenvalue weighted by Gasteiger charge is -2.23. The molecule has 1 atom stereocenters. The van der Waals surface area contributed by atoms with Crippen LogP contribution in [0.5, 0.6) is 0 Å². The topological polar surface area (TPSA) is 46.9 Å². The van der Waals surface area contributed by atoms with Crippen LogP contribution in [0.25, 0.3) is 0 Å². The highest BCUT2D eigenvalue weighted by molar-refractivity contribution is 5.69. The molecule has 0 aromatic carbocycles. The van der Waals surface area contributed by atoms with Gasteiger partial charge in [-0.3, -0.25) is 4.79 Å². The maximum atomic E-state index is 10.6. The molecule has 1 aromatic heterocycles. The molecule has 2 rings (SSSR count). The summed E-state index contributed by atoms with van der Waals surface area (Å²) >= 11 is 0. The number of piperidine rings is 1. The number of hydrogen-bond donors (Lipinski definition) is 1. The molecular formula is C10H15N3O. The second kappa shape index (κ2) is 4.37. The molecule has 1 fully saturated rings. The summed E-state index contributed by atoms with van der Waals surface area (Å²) in [5.41, 5.74) is 0. The van der Waals surface area contributed by atoms with Gasteiger partial charge in [0.05, 0.1) is 0 Å². The van der Waals surface area contributed by atoms with Crippen LogP contribution in [0.15, 0.2) is 12.4 Å². The van der Waals surface area contributed by atoms with E-state index in [2.05, 4.69) is 10.3 Å². The zero-order valence-electron chi connectivity index (χ0n) is 8.15. The van der Waals surface area contributed by atoms with Crippen LogP contribution in [0, 0.1) is 0 Å². The lowest BCUT2D eigenvalue weighted by molar-refractivity contribution is 0.111. The summed E-state index contributed by atoms with van der Waals surface area (Å²) in [7, 11) is 0. The van der Waals surface area contributed by atoms with Gasteiger partial charge in [-0.05, 0) is 19.4 Å². The molecule has 14 heavy (non-hydrogen) atoms. The Labute approximate surface area is 83.3 Å². The van der Waals surface area contributed by atoms with Gasteiger partial charge in [-0.2, -0.15) is 0 Å². The normalized spacial score (nSPS) is 22.1. The SMILES string of the molecule is O=Cc1nccn1CC1CCCCN1. The van der Waals surface area contributed by atoms with E-state index < -0.39 is 0 Å². The lowest BCUT2D eigenvalue weighted by atomic mass is 10.1. The van der Waals surface area contributed by atoms with Gasteiger partial charge in [-0.25, -0.2) is 4.98 Å². The van der Waals surface area contributed by atoms with Crippen molar-refractivity contribution in [1.29, 1.82) is 0 Å². The fourth-order valence-corrected chi connectivity index (χ4v) is 1.91. The highest BCUT2D eigenvalue weighted by Crippen LogP contribution is 2.09. The minimum atomic E-state index is 0.497. The van der Waals surface area contributed by atoms with Crippen LogP contribution in [0.1, 0.15) is 29.9 Å². The number of carbonyl (C=O) groups excluding carboxylic acids is 1. The fourth-order valence-electron chi connectivity index (χ4n) is 1.91. The Morgan fingerprint density at radius 1 is 1.64 bits per heavy atom. The number of aldehydes is 1. The van der Waals surface area contributed by atoms with Crippen molar-refractivity contribution in [1.82, 2.24) is 14.9 Å². The second-order valence-electron chi connectivity index (χ2n) is 3.70. The van der Waals surface area contributed by atoms with E-state index in [0.717, 1.165) is 19.4 Å². The number of imidazole rings is 1. The first-order valence-electron chi connectivity index (χ1n) is 5.10. The summed E-state index contributed by atoms with van der Waals surface area (Å²) in [4.78, 5) is 14.6. The van der Waals surface area contributed by atoms with Gasteiger partial charge >= 0.3 is 0 Å². The van der Waals surface area contributed by atoms with Crippen molar-refractivity contribution in [2.45, 2.75) is 31.8 Å². The van der Waals surface area contributed by atoms with Crippen LogP contribution in [0.4, 0.5) is 0 Å². The lowest BCUT2D eigenvalue weighted by Crippen LogP contribution is -2.37. The van der Waals surface area contributed by atoms with Gasteiger partial charge in [0.15, 0.2) is 12.1 Å². The van der Waals surface area contributed by atoms with E-state index in [1.165, 1.54) is 19.3 Å². The van der Waals surface area contributed by atoms with Gasteiger partial charge in [0.1, 0.15) is 0 Å². The monoisotopic (exact) mass is 193 g/mol. The van der Waals surface area contributed by atoms with Gasteiger partial charge in [0.25, 0.3) is 0 Å². The Morgan fingerprint density at radius 2 is 2.57 bits per heavy atom. The molecule has 4 heteroatoms. The molecule has 0 aliphatic carbocycles. The van der Waals surface area contributed by atoms with Crippen LogP contribution >= 0.6 is 0 Å². The molecule has 0 radical (unpaired) electrons. The van der Waals surface area contributed by atoms with Gasteiger partial charge in [0.2, 0.25) is 0 Å². The Bertz CT molecular complexity index is 302. The minimum absolute atomic E-state index is 0.497. The van der Waals surface area contributed by atoms with Crippen LogP contribution in [-0.4, -0.2) is 28.4 Å². The molecule has 0 bridgehead atoms. The second-order valence-corrected chi connectivity index (χ2v) is 3.70. The van der Waals surface area contributed by atoms with Gasteiger partial charge in [-0.1, -0.05) is 6.42 Å². The van der Waals surface area contributed by atoms with Crippen LogP contribution in [0.2, 0.25) is 0 Å². The van der Waals surface area contributed by atoms with E-state index in [0.29, 0.717) is 11.9 Å². The molecular weight excluding hydrogens is 178 g/mol. The van der Waals surface area contributed by atoms with E-state index in [9.17, 15) is 4.79 Å². The molecule has 0 spiro atoms. The summed E-state index contributed by atoms with van der Waals surface area (Å²) in [6.07, 6.45) is 8.08. The molecule has 1 N–H and O–H groups in total. The highest BCUT2D eigenvalue weighted by atomic mass is 16.1. The van der Waals surface area contributed by atoms with E-state index >= 15 is 0 Å². The quantitative estimate of drug-likeness (QED) is 0.723. The largest absolute Gasteiger partial charge is 0.327 e. The maximum Gasteiger partial charge on any atom is 0.185 e. The van der Waals surface area contributed by atoms with Crippen LogP contribution in [-0.2, 0) is 6.54 Å². The molecule has 1 aliphatic heterocycles. The summed E-state index contributed by atoms with van der Waals surface area (Å²) in [6.45, 7) is 1.95. The molecule has 1 aromatic rings. The molecule has 76 valence electrons. The average Bonchev–Trinajstić information content (AvgIpc) is 2.67. The van der Waals surface area contributed by atoms with Crippen molar-refractivity contribution in [2.75, 3.05) is 6.54 Å². The van der Waals surface area contributed by atoms with Crippen molar-refractivity contribution in [2.24, 2.45) is 0 Å². The Balaban J connectivity index is 1.98. The van der Waals surface area contributed by atoms with Crippen molar-refractivity contribution >= 4 is 6.29 Å². The van der Waals surface area contributed by atoms with Gasteiger partial charge < -0.3 is 9.88 Å². The summed E-state index contributed by atoms with van der Waals surface area (Å²) in [5.74, 6) is 0.525. The standard InChI is InChI=1S/C10H15N3O/c14-8-10-12-5-6-13(10)7-9-3-1-2-4-11-9/h5-6,8-9,11H,1-4,7H2. The Hall–Kier alpha value is -1.16. The van der Waals surface area contributed by atoms with E-state index in [1.807, 2.05) is 10.8 Å². The first-order valence-corrected chi connectivity index (χ1v) is 5.10. The number of carbonyl (C=O) groups is 1. The summed E-state index contributed by atoms with van der Waals surface area (Å²) in [5, 5.41) is 3.44. The maximum absolute atomic E-state index is 10.6. The minimum Gasteiger partial charge on any atom is -0.327 e. The zero-order valence-corrected chi connectivity index (χ0v) is 8.15. The first kappa shape index (κ1) is 9.40.